The average Bonchev–Trinajstić information content (AvgIpc) is 2.38. The number of halogens is 2. The van der Waals surface area contributed by atoms with Crippen molar-refractivity contribution in [2.45, 2.75) is 12.3 Å². The molecule has 0 bridgehead atoms. The fraction of sp³-hybridized carbons (Fsp3) is 0.250. The quantitative estimate of drug-likeness (QED) is 0.870. The van der Waals surface area contributed by atoms with Crippen LogP contribution in [0.25, 0.3) is 0 Å². The molecule has 0 heterocycles. The Morgan fingerprint density at radius 2 is 1.95 bits per heavy atom. The van der Waals surface area contributed by atoms with E-state index in [4.69, 9.17) is 11.6 Å². The maximum absolute atomic E-state index is 13.3. The van der Waals surface area contributed by atoms with Crippen molar-refractivity contribution in [1.29, 1.82) is 0 Å². The van der Waals surface area contributed by atoms with Gasteiger partial charge in [-0.25, -0.2) is 4.39 Å². The van der Waals surface area contributed by atoms with Crippen LogP contribution in [0.1, 0.15) is 17.0 Å². The molecule has 0 aliphatic carbocycles. The van der Waals surface area contributed by atoms with E-state index in [1.165, 1.54) is 6.07 Å². The summed E-state index contributed by atoms with van der Waals surface area (Å²) in [4.78, 5) is 0. The van der Waals surface area contributed by atoms with E-state index >= 15 is 0 Å². The van der Waals surface area contributed by atoms with Crippen molar-refractivity contribution in [2.24, 2.45) is 0 Å². The largest absolute Gasteiger partial charge is 0.319 e. The molecule has 0 radical (unpaired) electrons. The molecule has 2 aromatic rings. The van der Waals surface area contributed by atoms with E-state index in [0.29, 0.717) is 0 Å². The first-order chi connectivity index (χ1) is 9.19. The van der Waals surface area contributed by atoms with Crippen LogP contribution in [-0.2, 0) is 6.42 Å². The standard InChI is InChI=1S/C16H17ClFN/c1-19-11-14(13-5-3-7-16(18)10-13)8-12-4-2-6-15(17)9-12/h2-7,9-10,14,19H,8,11H2,1H3. The summed E-state index contributed by atoms with van der Waals surface area (Å²) >= 11 is 6.00. The number of hydrogen-bond acceptors (Lipinski definition) is 1. The van der Waals surface area contributed by atoms with E-state index in [1.807, 2.05) is 37.4 Å². The molecule has 100 valence electrons. The molecule has 0 amide bonds. The SMILES string of the molecule is CNCC(Cc1cccc(Cl)c1)c1cccc(F)c1. The smallest absolute Gasteiger partial charge is 0.123 e. The van der Waals surface area contributed by atoms with Crippen LogP contribution >= 0.6 is 11.6 Å². The number of rotatable bonds is 5. The van der Waals surface area contributed by atoms with Gasteiger partial charge in [-0.15, -0.1) is 0 Å². The number of hydrogen-bond donors (Lipinski definition) is 1. The summed E-state index contributed by atoms with van der Waals surface area (Å²) in [5, 5.41) is 3.90. The lowest BCUT2D eigenvalue weighted by molar-refractivity contribution is 0.601. The van der Waals surface area contributed by atoms with Crippen LogP contribution in [0.5, 0.6) is 0 Å². The topological polar surface area (TPSA) is 12.0 Å². The third-order valence-corrected chi connectivity index (χ3v) is 3.38. The third-order valence-electron chi connectivity index (χ3n) is 3.14. The molecule has 2 rings (SSSR count). The van der Waals surface area contributed by atoms with Crippen LogP contribution in [-0.4, -0.2) is 13.6 Å². The molecule has 0 spiro atoms. The second kappa shape index (κ2) is 6.69. The van der Waals surface area contributed by atoms with Gasteiger partial charge in [-0.2, -0.15) is 0 Å². The Hall–Kier alpha value is -1.38. The molecule has 0 saturated carbocycles. The summed E-state index contributed by atoms with van der Waals surface area (Å²) in [6, 6.07) is 14.6. The molecule has 0 aliphatic rings. The number of benzene rings is 2. The van der Waals surface area contributed by atoms with E-state index in [-0.39, 0.29) is 11.7 Å². The predicted molar refractivity (Wildman–Crippen MR) is 78.2 cm³/mol. The van der Waals surface area contributed by atoms with Gasteiger partial charge in [-0.3, -0.25) is 0 Å². The van der Waals surface area contributed by atoms with Gasteiger partial charge < -0.3 is 5.32 Å². The van der Waals surface area contributed by atoms with Gasteiger partial charge in [0, 0.05) is 17.5 Å². The number of nitrogens with one attached hydrogen (secondary N) is 1. The van der Waals surface area contributed by atoms with Crippen molar-refractivity contribution in [3.8, 4) is 0 Å². The van der Waals surface area contributed by atoms with Crippen molar-refractivity contribution in [1.82, 2.24) is 5.32 Å². The molecule has 0 saturated heterocycles. The summed E-state index contributed by atoms with van der Waals surface area (Å²) in [6.45, 7) is 0.802. The molecule has 19 heavy (non-hydrogen) atoms. The molecular formula is C16H17ClFN. The van der Waals surface area contributed by atoms with Crippen LogP contribution < -0.4 is 5.32 Å². The van der Waals surface area contributed by atoms with Crippen molar-refractivity contribution in [3.63, 3.8) is 0 Å². The normalized spacial score (nSPS) is 12.4. The fourth-order valence-electron chi connectivity index (χ4n) is 2.26. The second-order valence-electron chi connectivity index (χ2n) is 4.64. The Morgan fingerprint density at radius 1 is 1.16 bits per heavy atom. The first-order valence-corrected chi connectivity index (χ1v) is 6.71. The van der Waals surface area contributed by atoms with Gasteiger partial charge in [0.25, 0.3) is 0 Å². The molecule has 1 nitrogen and oxygen atoms in total. The fourth-order valence-corrected chi connectivity index (χ4v) is 2.48. The zero-order chi connectivity index (χ0) is 13.7. The Morgan fingerprint density at radius 3 is 2.63 bits per heavy atom. The Labute approximate surface area is 118 Å². The summed E-state index contributed by atoms with van der Waals surface area (Å²) in [5.41, 5.74) is 2.17. The summed E-state index contributed by atoms with van der Waals surface area (Å²) in [6.07, 6.45) is 0.838. The van der Waals surface area contributed by atoms with Gasteiger partial charge in [0.05, 0.1) is 0 Å². The zero-order valence-corrected chi connectivity index (χ0v) is 11.6. The monoisotopic (exact) mass is 277 g/mol. The van der Waals surface area contributed by atoms with E-state index < -0.39 is 0 Å². The number of likely N-dealkylation sites (N-methyl/N-ethyl adjacent to an activating group) is 1. The molecule has 1 N–H and O–H groups in total. The lowest BCUT2D eigenvalue weighted by atomic mass is 9.92. The van der Waals surface area contributed by atoms with Crippen LogP contribution in [0.2, 0.25) is 5.02 Å². The summed E-state index contributed by atoms with van der Waals surface area (Å²) in [7, 11) is 1.91. The van der Waals surface area contributed by atoms with Gasteiger partial charge in [0.1, 0.15) is 5.82 Å². The molecule has 3 heteroatoms. The minimum Gasteiger partial charge on any atom is -0.319 e. The first kappa shape index (κ1) is 14.0. The predicted octanol–water partition coefficient (Wildman–Crippen LogP) is 4.02. The summed E-state index contributed by atoms with van der Waals surface area (Å²) in [5.74, 6) is 0.0452. The molecule has 2 aromatic carbocycles. The maximum atomic E-state index is 13.3. The van der Waals surface area contributed by atoms with Gasteiger partial charge in [-0.1, -0.05) is 35.9 Å². The zero-order valence-electron chi connectivity index (χ0n) is 10.9. The molecular weight excluding hydrogens is 261 g/mol. The average molecular weight is 278 g/mol. The van der Waals surface area contributed by atoms with Crippen LogP contribution in [0.4, 0.5) is 4.39 Å². The lowest BCUT2D eigenvalue weighted by Gasteiger charge is -2.17. The highest BCUT2D eigenvalue weighted by Crippen LogP contribution is 2.22. The van der Waals surface area contributed by atoms with Crippen LogP contribution in [0.15, 0.2) is 48.5 Å². The van der Waals surface area contributed by atoms with E-state index in [1.54, 1.807) is 12.1 Å². The first-order valence-electron chi connectivity index (χ1n) is 6.33. The van der Waals surface area contributed by atoms with Crippen molar-refractivity contribution in [2.75, 3.05) is 13.6 Å². The molecule has 0 aromatic heterocycles. The molecule has 1 atom stereocenters. The lowest BCUT2D eigenvalue weighted by Crippen LogP contribution is -2.19. The molecule has 0 aliphatic heterocycles. The van der Waals surface area contributed by atoms with Crippen LogP contribution in [0.3, 0.4) is 0 Å². The van der Waals surface area contributed by atoms with Gasteiger partial charge >= 0.3 is 0 Å². The Kier molecular flexibility index (Phi) is 4.94. The van der Waals surface area contributed by atoms with E-state index in [2.05, 4.69) is 5.32 Å². The van der Waals surface area contributed by atoms with Crippen LogP contribution in [0, 0.1) is 5.82 Å². The minimum atomic E-state index is -0.190. The second-order valence-corrected chi connectivity index (χ2v) is 5.08. The van der Waals surface area contributed by atoms with E-state index in [0.717, 1.165) is 29.1 Å². The highest BCUT2D eigenvalue weighted by molar-refractivity contribution is 6.30. The highest BCUT2D eigenvalue weighted by Gasteiger charge is 2.12. The van der Waals surface area contributed by atoms with Gasteiger partial charge in [0.2, 0.25) is 0 Å². The summed E-state index contributed by atoms with van der Waals surface area (Å²) < 4.78 is 13.3. The Bertz CT molecular complexity index is 542. The highest BCUT2D eigenvalue weighted by atomic mass is 35.5. The maximum Gasteiger partial charge on any atom is 0.123 e. The minimum absolute atomic E-state index is 0.190. The van der Waals surface area contributed by atoms with Crippen molar-refractivity contribution in [3.05, 3.63) is 70.5 Å². The van der Waals surface area contributed by atoms with Gasteiger partial charge in [0.15, 0.2) is 0 Å². The van der Waals surface area contributed by atoms with Gasteiger partial charge in [-0.05, 0) is 48.9 Å². The van der Waals surface area contributed by atoms with Crippen molar-refractivity contribution >= 4 is 11.6 Å². The molecule has 0 fully saturated rings. The molecule has 1 unspecified atom stereocenters. The van der Waals surface area contributed by atoms with Crippen molar-refractivity contribution < 1.29 is 4.39 Å². The Balaban J connectivity index is 2.21. The van der Waals surface area contributed by atoms with E-state index in [9.17, 15) is 4.39 Å². The third kappa shape index (κ3) is 4.05.